The van der Waals surface area contributed by atoms with Gasteiger partial charge in [-0.3, -0.25) is 18.1 Å². The summed E-state index contributed by atoms with van der Waals surface area (Å²) in [7, 11) is 0. The van der Waals surface area contributed by atoms with E-state index < -0.39 is 35.1 Å². The Bertz CT molecular complexity index is 1680. The lowest BCUT2D eigenvalue weighted by Crippen LogP contribution is -2.45. The number of furan rings is 1. The van der Waals surface area contributed by atoms with Crippen molar-refractivity contribution < 1.29 is 32.7 Å². The van der Waals surface area contributed by atoms with Crippen molar-refractivity contribution in [3.63, 3.8) is 0 Å². The van der Waals surface area contributed by atoms with Crippen molar-refractivity contribution in [2.75, 3.05) is 14.9 Å². The Morgan fingerprint density at radius 1 is 0.976 bits per heavy atom. The second-order valence-electron chi connectivity index (χ2n) is 10.6. The zero-order valence-electron chi connectivity index (χ0n) is 23.2. The van der Waals surface area contributed by atoms with E-state index in [2.05, 4.69) is 10.6 Å². The number of anilines is 3. The highest BCUT2D eigenvalue weighted by Gasteiger charge is 2.31. The minimum atomic E-state index is -2.78. The third-order valence-electron chi connectivity index (χ3n) is 7.26. The number of aryl methyl sites for hydroxylation is 1. The van der Waals surface area contributed by atoms with Gasteiger partial charge in [0.2, 0.25) is 5.91 Å². The number of rotatable bonds is 10. The molecule has 1 aliphatic rings. The predicted molar refractivity (Wildman–Crippen MR) is 160 cm³/mol. The molecule has 2 atom stereocenters. The highest BCUT2D eigenvalue weighted by Crippen LogP contribution is 2.35. The summed E-state index contributed by atoms with van der Waals surface area (Å²) in [6, 6.07) is 17.7. The van der Waals surface area contributed by atoms with Gasteiger partial charge in [-0.05, 0) is 73.2 Å². The standard InChI is InChI=1S/C31H31N3O7S/c1-17(2)27(31(37)38)34(42(39)40)23-15-11-20(12-16-23)19-9-13-22(14-10-19)32-30(36)28-18(3)26-24(5-4-6-25(26)41-28)33-29(35)21-7-8-21/h4-6,9-17,21,27H,7-8H2,1-3H3,(H,32,36)(H,33,35)(H,37,38)(H,39,40)/p-1. The van der Waals surface area contributed by atoms with Gasteiger partial charge in [0.25, 0.3) is 5.91 Å². The average Bonchev–Trinajstić information content (AvgIpc) is 3.75. The van der Waals surface area contributed by atoms with E-state index in [-0.39, 0.29) is 23.3 Å². The van der Waals surface area contributed by atoms with E-state index in [0.29, 0.717) is 27.9 Å². The van der Waals surface area contributed by atoms with E-state index in [0.717, 1.165) is 28.3 Å². The molecule has 0 saturated heterocycles. The molecule has 0 bridgehead atoms. The van der Waals surface area contributed by atoms with E-state index in [1.807, 2.05) is 0 Å². The van der Waals surface area contributed by atoms with Gasteiger partial charge in [-0.1, -0.05) is 44.2 Å². The van der Waals surface area contributed by atoms with Crippen LogP contribution in [0.15, 0.2) is 71.1 Å². The van der Waals surface area contributed by atoms with Crippen molar-refractivity contribution in [1.29, 1.82) is 0 Å². The first-order chi connectivity index (χ1) is 20.0. The molecule has 1 heterocycles. The first-order valence-corrected chi connectivity index (χ1v) is 14.5. The largest absolute Gasteiger partial charge is 0.755 e. The van der Waals surface area contributed by atoms with Gasteiger partial charge in [0.15, 0.2) is 5.76 Å². The Balaban J connectivity index is 1.31. The third kappa shape index (κ3) is 5.93. The highest BCUT2D eigenvalue weighted by atomic mass is 32.2. The van der Waals surface area contributed by atoms with Gasteiger partial charge in [-0.15, -0.1) is 0 Å². The second-order valence-corrected chi connectivity index (χ2v) is 11.5. The molecule has 0 radical (unpaired) electrons. The van der Waals surface area contributed by atoms with Crippen LogP contribution in [0.5, 0.6) is 0 Å². The normalized spacial score (nSPS) is 14.4. The number of carbonyl (C=O) groups is 3. The maximum atomic E-state index is 13.1. The molecule has 218 valence electrons. The number of nitrogens with zero attached hydrogens (tertiary/aromatic N) is 1. The van der Waals surface area contributed by atoms with E-state index in [4.69, 9.17) is 4.42 Å². The fourth-order valence-electron chi connectivity index (χ4n) is 4.93. The van der Waals surface area contributed by atoms with E-state index in [1.54, 1.807) is 87.5 Å². The molecule has 3 N–H and O–H groups in total. The molecular weight excluding hydrogens is 558 g/mol. The van der Waals surface area contributed by atoms with Crippen LogP contribution >= 0.6 is 0 Å². The van der Waals surface area contributed by atoms with E-state index >= 15 is 0 Å². The molecule has 3 aromatic carbocycles. The summed E-state index contributed by atoms with van der Waals surface area (Å²) in [6.45, 7) is 5.08. The Morgan fingerprint density at radius 3 is 2.14 bits per heavy atom. The van der Waals surface area contributed by atoms with Gasteiger partial charge in [-0.25, -0.2) is 4.79 Å². The summed E-state index contributed by atoms with van der Waals surface area (Å²) in [5.74, 6) is -1.93. The van der Waals surface area contributed by atoms with Gasteiger partial charge in [0.1, 0.15) is 11.6 Å². The summed E-state index contributed by atoms with van der Waals surface area (Å²) < 4.78 is 30.5. The molecule has 2 unspecified atom stereocenters. The number of aliphatic carboxylic acids is 1. The van der Waals surface area contributed by atoms with Crippen molar-refractivity contribution in [3.05, 3.63) is 78.1 Å². The fourth-order valence-corrected chi connectivity index (χ4v) is 5.75. The Kier molecular flexibility index (Phi) is 8.15. The number of nitrogens with one attached hydrogen (secondary N) is 2. The number of amides is 2. The first kappa shape index (κ1) is 29.0. The zero-order valence-corrected chi connectivity index (χ0v) is 24.1. The number of hydrogen-bond donors (Lipinski definition) is 3. The number of carbonyl (C=O) groups excluding carboxylic acids is 2. The van der Waals surface area contributed by atoms with Gasteiger partial charge < -0.3 is 24.7 Å². The molecular formula is C31H30N3O7S-. The van der Waals surface area contributed by atoms with Crippen molar-refractivity contribution in [1.82, 2.24) is 0 Å². The minimum Gasteiger partial charge on any atom is -0.755 e. The topological polar surface area (TPSA) is 152 Å². The van der Waals surface area contributed by atoms with Crippen LogP contribution in [0.1, 0.15) is 42.8 Å². The molecule has 42 heavy (non-hydrogen) atoms. The molecule has 1 saturated carbocycles. The van der Waals surface area contributed by atoms with Crippen LogP contribution < -0.4 is 14.9 Å². The second kappa shape index (κ2) is 11.8. The monoisotopic (exact) mass is 588 g/mol. The first-order valence-electron chi connectivity index (χ1n) is 13.5. The molecule has 2 amide bonds. The maximum Gasteiger partial charge on any atom is 0.327 e. The molecule has 1 fully saturated rings. The van der Waals surface area contributed by atoms with Gasteiger partial charge in [-0.2, -0.15) is 0 Å². The van der Waals surface area contributed by atoms with Gasteiger partial charge >= 0.3 is 5.97 Å². The summed E-state index contributed by atoms with van der Waals surface area (Å²) in [6.07, 6.45) is 1.77. The average molecular weight is 589 g/mol. The van der Waals surface area contributed by atoms with Crippen LogP contribution in [-0.2, 0) is 20.9 Å². The van der Waals surface area contributed by atoms with Crippen molar-refractivity contribution >= 4 is 57.1 Å². The zero-order chi connectivity index (χ0) is 30.1. The molecule has 11 heteroatoms. The Labute approximate surface area is 245 Å². The highest BCUT2D eigenvalue weighted by molar-refractivity contribution is 7.80. The van der Waals surface area contributed by atoms with E-state index in [9.17, 15) is 28.3 Å². The number of benzene rings is 3. The number of carboxylic acids is 1. The summed E-state index contributed by atoms with van der Waals surface area (Å²) in [5, 5.41) is 16.1. The SMILES string of the molecule is Cc1c(C(=O)Nc2ccc(-c3ccc(N(C(C(=O)O)C(C)C)S(=O)[O-])cc3)cc2)oc2cccc(NC(=O)C3CC3)c12. The predicted octanol–water partition coefficient (Wildman–Crippen LogP) is 5.72. The third-order valence-corrected chi connectivity index (χ3v) is 8.02. The summed E-state index contributed by atoms with van der Waals surface area (Å²) in [5.41, 5.74) is 4.12. The van der Waals surface area contributed by atoms with Crippen LogP contribution in [0.2, 0.25) is 0 Å². The van der Waals surface area contributed by atoms with E-state index in [1.165, 1.54) is 0 Å². The lowest BCUT2D eigenvalue weighted by atomic mass is 10.0. The molecule has 0 spiro atoms. The lowest BCUT2D eigenvalue weighted by molar-refractivity contribution is -0.139. The molecule has 1 aromatic heterocycles. The lowest BCUT2D eigenvalue weighted by Gasteiger charge is -2.34. The Hall–Kier alpha value is -4.48. The summed E-state index contributed by atoms with van der Waals surface area (Å²) >= 11 is -2.78. The smallest absolute Gasteiger partial charge is 0.327 e. The van der Waals surface area contributed by atoms with Crippen LogP contribution in [0.25, 0.3) is 22.1 Å². The molecule has 5 rings (SSSR count). The fraction of sp³-hybridized carbons (Fsp3) is 0.258. The summed E-state index contributed by atoms with van der Waals surface area (Å²) in [4.78, 5) is 37.2. The minimum absolute atomic E-state index is 0.0263. The number of fused-ring (bicyclic) bond motifs is 1. The molecule has 4 aromatic rings. The van der Waals surface area contributed by atoms with Gasteiger partial charge in [0.05, 0.1) is 5.69 Å². The molecule has 0 aliphatic heterocycles. The van der Waals surface area contributed by atoms with Crippen LogP contribution in [0.3, 0.4) is 0 Å². The van der Waals surface area contributed by atoms with Crippen molar-refractivity contribution in [2.45, 2.75) is 39.7 Å². The molecule has 1 aliphatic carbocycles. The van der Waals surface area contributed by atoms with Crippen molar-refractivity contribution in [3.8, 4) is 11.1 Å². The Morgan fingerprint density at radius 2 is 1.60 bits per heavy atom. The number of carboxylic acid groups (broad SMARTS) is 1. The maximum absolute atomic E-state index is 13.1. The quantitative estimate of drug-likeness (QED) is 0.200. The number of hydrogen-bond acceptors (Lipinski definition) is 6. The van der Waals surface area contributed by atoms with Crippen LogP contribution in [-0.4, -0.2) is 37.7 Å². The van der Waals surface area contributed by atoms with Crippen LogP contribution in [0, 0.1) is 18.8 Å². The molecule has 10 nitrogen and oxygen atoms in total. The van der Waals surface area contributed by atoms with Gasteiger partial charge in [0, 0.05) is 39.5 Å². The van der Waals surface area contributed by atoms with Crippen molar-refractivity contribution in [2.24, 2.45) is 11.8 Å². The van der Waals surface area contributed by atoms with Crippen LogP contribution in [0.4, 0.5) is 17.1 Å².